The molecule has 0 amide bonds. The van der Waals surface area contributed by atoms with Crippen molar-refractivity contribution >= 4 is 11.4 Å². The van der Waals surface area contributed by atoms with E-state index >= 15 is 0 Å². The zero-order chi connectivity index (χ0) is 19.9. The molecule has 0 fully saturated rings. The lowest BCUT2D eigenvalue weighted by atomic mass is 10.1. The number of furan rings is 1. The van der Waals surface area contributed by atoms with Gasteiger partial charge in [0.2, 0.25) is 0 Å². The first-order chi connectivity index (χ1) is 13.5. The fourth-order valence-electron chi connectivity index (χ4n) is 2.76. The van der Waals surface area contributed by atoms with Crippen LogP contribution in [0.25, 0.3) is 11.3 Å². The van der Waals surface area contributed by atoms with Crippen molar-refractivity contribution in [1.82, 2.24) is 5.32 Å². The average molecular weight is 381 g/mol. The molecule has 3 rings (SSSR count). The van der Waals surface area contributed by atoms with E-state index in [4.69, 9.17) is 4.42 Å². The summed E-state index contributed by atoms with van der Waals surface area (Å²) >= 11 is 0. The molecule has 0 unspecified atom stereocenters. The Morgan fingerprint density at radius 1 is 1.04 bits per heavy atom. The van der Waals surface area contributed by atoms with E-state index in [1.165, 1.54) is 12.1 Å². The molecule has 146 valence electrons. The Bertz CT molecular complexity index is 902. The minimum atomic E-state index is -0.481. The van der Waals surface area contributed by atoms with E-state index in [0.29, 0.717) is 13.1 Å². The smallest absolute Gasteiger partial charge is 0.269 e. The van der Waals surface area contributed by atoms with Crippen molar-refractivity contribution in [3.63, 3.8) is 0 Å². The van der Waals surface area contributed by atoms with Crippen LogP contribution < -0.4 is 10.6 Å². The summed E-state index contributed by atoms with van der Waals surface area (Å²) in [5.74, 6) is 1.63. The summed E-state index contributed by atoms with van der Waals surface area (Å²) in [5, 5.41) is 26.7. The van der Waals surface area contributed by atoms with Gasteiger partial charge in [-0.2, -0.15) is 0 Å². The molecule has 0 aliphatic heterocycles. The van der Waals surface area contributed by atoms with Crippen LogP contribution >= 0.6 is 0 Å². The minimum absolute atomic E-state index is 0.0813. The fourth-order valence-corrected chi connectivity index (χ4v) is 2.76. The number of hydrogen-bond donors (Lipinski definition) is 3. The number of aliphatic hydroxyl groups is 1. The summed E-state index contributed by atoms with van der Waals surface area (Å²) in [6.07, 6.45) is -0.481. The lowest BCUT2D eigenvalue weighted by molar-refractivity contribution is -0.384. The van der Waals surface area contributed by atoms with E-state index in [0.717, 1.165) is 34.9 Å². The van der Waals surface area contributed by atoms with Crippen molar-refractivity contribution in [1.29, 1.82) is 0 Å². The fraction of sp³-hybridized carbons (Fsp3) is 0.238. The van der Waals surface area contributed by atoms with E-state index < -0.39 is 11.0 Å². The van der Waals surface area contributed by atoms with Gasteiger partial charge in [-0.1, -0.05) is 24.3 Å². The number of benzene rings is 2. The van der Waals surface area contributed by atoms with Crippen molar-refractivity contribution < 1.29 is 14.4 Å². The number of nitrogens with one attached hydrogen (secondary N) is 2. The Morgan fingerprint density at radius 2 is 1.75 bits per heavy atom. The van der Waals surface area contributed by atoms with Crippen molar-refractivity contribution in [2.24, 2.45) is 0 Å². The molecule has 7 nitrogen and oxygen atoms in total. The standard InChI is InChI=1S/C21H23N3O4/c1-15(25)16-2-4-17(5-3-16)21-11-10-20(28-21)14-22-12-13-23-18-6-8-19(9-7-18)24(26)27/h2-11,15,22-23,25H,12-14H2,1H3/t15-/m1/s1. The number of hydrogen-bond acceptors (Lipinski definition) is 6. The van der Waals surface area contributed by atoms with Gasteiger partial charge in [-0.15, -0.1) is 0 Å². The van der Waals surface area contributed by atoms with E-state index in [1.54, 1.807) is 19.1 Å². The largest absolute Gasteiger partial charge is 0.460 e. The van der Waals surface area contributed by atoms with E-state index in [9.17, 15) is 15.2 Å². The summed E-state index contributed by atoms with van der Waals surface area (Å²) in [6, 6.07) is 17.9. The first-order valence-electron chi connectivity index (χ1n) is 9.09. The van der Waals surface area contributed by atoms with Gasteiger partial charge in [0.1, 0.15) is 11.5 Å². The molecule has 3 aromatic rings. The second-order valence-electron chi connectivity index (χ2n) is 6.47. The maximum Gasteiger partial charge on any atom is 0.269 e. The molecule has 1 heterocycles. The van der Waals surface area contributed by atoms with Gasteiger partial charge in [-0.05, 0) is 36.8 Å². The third kappa shape index (κ3) is 5.18. The zero-order valence-corrected chi connectivity index (χ0v) is 15.6. The zero-order valence-electron chi connectivity index (χ0n) is 15.6. The SMILES string of the molecule is C[C@@H](O)c1ccc(-c2ccc(CNCCNc3ccc([N+](=O)[O-])cc3)o2)cc1. The van der Waals surface area contributed by atoms with Gasteiger partial charge in [-0.3, -0.25) is 10.1 Å². The number of anilines is 1. The Morgan fingerprint density at radius 3 is 2.39 bits per heavy atom. The topological polar surface area (TPSA) is 101 Å². The van der Waals surface area contributed by atoms with Crippen LogP contribution in [0.3, 0.4) is 0 Å². The van der Waals surface area contributed by atoms with Crippen LogP contribution in [0.1, 0.15) is 24.4 Å². The lowest BCUT2D eigenvalue weighted by Gasteiger charge is -2.07. The van der Waals surface area contributed by atoms with Gasteiger partial charge < -0.3 is 20.2 Å². The van der Waals surface area contributed by atoms with Crippen LogP contribution in [0.2, 0.25) is 0 Å². The van der Waals surface area contributed by atoms with Crippen molar-refractivity contribution in [3.8, 4) is 11.3 Å². The highest BCUT2D eigenvalue weighted by atomic mass is 16.6. The van der Waals surface area contributed by atoms with E-state index in [2.05, 4.69) is 10.6 Å². The van der Waals surface area contributed by atoms with Crippen LogP contribution in [0, 0.1) is 10.1 Å². The van der Waals surface area contributed by atoms with Crippen molar-refractivity contribution in [3.05, 3.63) is 82.1 Å². The third-order valence-corrected chi connectivity index (χ3v) is 4.35. The molecule has 2 aromatic carbocycles. The highest BCUT2D eigenvalue weighted by Crippen LogP contribution is 2.24. The Labute approximate surface area is 163 Å². The Kier molecular flexibility index (Phi) is 6.41. The molecular formula is C21H23N3O4. The summed E-state index contributed by atoms with van der Waals surface area (Å²) in [4.78, 5) is 10.2. The van der Waals surface area contributed by atoms with Crippen molar-refractivity contribution in [2.75, 3.05) is 18.4 Å². The molecule has 0 aliphatic rings. The highest BCUT2D eigenvalue weighted by molar-refractivity contribution is 5.58. The second kappa shape index (κ2) is 9.16. The van der Waals surface area contributed by atoms with Gasteiger partial charge in [0.05, 0.1) is 17.6 Å². The summed E-state index contributed by atoms with van der Waals surface area (Å²) in [7, 11) is 0. The maximum absolute atomic E-state index is 10.6. The minimum Gasteiger partial charge on any atom is -0.460 e. The van der Waals surface area contributed by atoms with Gasteiger partial charge in [0.15, 0.2) is 0 Å². The van der Waals surface area contributed by atoms with Gasteiger partial charge >= 0.3 is 0 Å². The molecule has 0 spiro atoms. The summed E-state index contributed by atoms with van der Waals surface area (Å²) in [5.41, 5.74) is 2.76. The van der Waals surface area contributed by atoms with E-state index in [-0.39, 0.29) is 5.69 Å². The first-order valence-corrected chi connectivity index (χ1v) is 9.09. The van der Waals surface area contributed by atoms with Crippen LogP contribution in [-0.2, 0) is 6.54 Å². The number of nitro benzene ring substituents is 1. The third-order valence-electron chi connectivity index (χ3n) is 4.35. The Hall–Kier alpha value is -3.16. The van der Waals surface area contributed by atoms with Gasteiger partial charge in [-0.25, -0.2) is 0 Å². The molecule has 0 radical (unpaired) electrons. The van der Waals surface area contributed by atoms with Crippen LogP contribution in [0.5, 0.6) is 0 Å². The van der Waals surface area contributed by atoms with Crippen molar-refractivity contribution in [2.45, 2.75) is 19.6 Å². The molecule has 0 bridgehead atoms. The number of nitrogens with zero attached hydrogens (tertiary/aromatic N) is 1. The summed E-state index contributed by atoms with van der Waals surface area (Å²) in [6.45, 7) is 3.75. The highest BCUT2D eigenvalue weighted by Gasteiger charge is 2.07. The average Bonchev–Trinajstić information content (AvgIpc) is 3.17. The Balaban J connectivity index is 1.42. The van der Waals surface area contributed by atoms with Crippen LogP contribution in [-0.4, -0.2) is 23.1 Å². The normalized spacial score (nSPS) is 11.9. The number of aliphatic hydroxyl groups excluding tert-OH is 1. The molecule has 0 saturated carbocycles. The molecule has 1 atom stereocenters. The molecule has 0 aliphatic carbocycles. The first kappa shape index (κ1) is 19.6. The molecule has 1 aromatic heterocycles. The van der Waals surface area contributed by atoms with Gasteiger partial charge in [0.25, 0.3) is 5.69 Å². The summed E-state index contributed by atoms with van der Waals surface area (Å²) < 4.78 is 5.86. The molecule has 7 heteroatoms. The predicted octanol–water partition coefficient (Wildman–Crippen LogP) is 4.11. The van der Waals surface area contributed by atoms with E-state index in [1.807, 2.05) is 36.4 Å². The number of nitro groups is 1. The monoisotopic (exact) mass is 381 g/mol. The molecule has 28 heavy (non-hydrogen) atoms. The molecular weight excluding hydrogens is 358 g/mol. The second-order valence-corrected chi connectivity index (χ2v) is 6.47. The quantitative estimate of drug-likeness (QED) is 0.293. The van der Waals surface area contributed by atoms with Crippen LogP contribution in [0.15, 0.2) is 65.1 Å². The molecule has 3 N–H and O–H groups in total. The van der Waals surface area contributed by atoms with Gasteiger partial charge in [0, 0.05) is 36.5 Å². The molecule has 0 saturated heterocycles. The van der Waals surface area contributed by atoms with Crippen LogP contribution in [0.4, 0.5) is 11.4 Å². The maximum atomic E-state index is 10.6. The number of non-ortho nitro benzene ring substituents is 1. The number of rotatable bonds is 9. The lowest BCUT2D eigenvalue weighted by Crippen LogP contribution is -2.21. The predicted molar refractivity (Wildman–Crippen MR) is 108 cm³/mol.